The molecule has 1 aromatic rings. The van der Waals surface area contributed by atoms with Crippen LogP contribution < -0.4 is 5.32 Å². The van der Waals surface area contributed by atoms with E-state index in [-0.39, 0.29) is 11.8 Å². The van der Waals surface area contributed by atoms with Crippen molar-refractivity contribution in [2.24, 2.45) is 5.92 Å². The number of hydrogen-bond acceptors (Lipinski definition) is 1. The molecule has 2 heteroatoms. The van der Waals surface area contributed by atoms with Gasteiger partial charge in [-0.25, -0.2) is 0 Å². The van der Waals surface area contributed by atoms with Crippen molar-refractivity contribution >= 4 is 5.91 Å². The van der Waals surface area contributed by atoms with Gasteiger partial charge in [0, 0.05) is 12.5 Å². The van der Waals surface area contributed by atoms with Crippen LogP contribution in [0.5, 0.6) is 0 Å². The highest BCUT2D eigenvalue weighted by atomic mass is 16.2. The summed E-state index contributed by atoms with van der Waals surface area (Å²) in [5, 5.41) is 2.87. The Balaban J connectivity index is 1.96. The van der Waals surface area contributed by atoms with Crippen LogP contribution in [0.25, 0.3) is 0 Å². The molecule has 2 rings (SSSR count). The van der Waals surface area contributed by atoms with Gasteiger partial charge in [0.1, 0.15) is 0 Å². The molecule has 0 aromatic heterocycles. The highest BCUT2D eigenvalue weighted by Crippen LogP contribution is 2.47. The fraction of sp³-hybridized carbons (Fsp3) is 0.417. The van der Waals surface area contributed by atoms with Crippen molar-refractivity contribution in [1.82, 2.24) is 5.32 Å². The molecule has 1 fully saturated rings. The van der Waals surface area contributed by atoms with Gasteiger partial charge in [-0.2, -0.15) is 0 Å². The highest BCUT2D eigenvalue weighted by molar-refractivity contribution is 5.82. The fourth-order valence-corrected chi connectivity index (χ4v) is 1.86. The van der Waals surface area contributed by atoms with Gasteiger partial charge in [-0.1, -0.05) is 30.3 Å². The lowest BCUT2D eigenvalue weighted by molar-refractivity contribution is -0.122. The number of carbonyl (C=O) groups excluding carboxylic acids is 1. The van der Waals surface area contributed by atoms with Crippen LogP contribution in [0.1, 0.15) is 24.8 Å². The van der Waals surface area contributed by atoms with Gasteiger partial charge in [0.25, 0.3) is 0 Å². The molecule has 0 spiro atoms. The van der Waals surface area contributed by atoms with Gasteiger partial charge in [-0.15, -0.1) is 0 Å². The average Bonchev–Trinajstić information content (AvgIpc) is 2.99. The van der Waals surface area contributed by atoms with Gasteiger partial charge in [-0.05, 0) is 24.8 Å². The Kier molecular flexibility index (Phi) is 2.53. The van der Waals surface area contributed by atoms with Crippen LogP contribution in [-0.2, 0) is 4.79 Å². The van der Waals surface area contributed by atoms with Crippen LogP contribution in [0.15, 0.2) is 30.3 Å². The lowest BCUT2D eigenvalue weighted by atomic mass is 10.1. The van der Waals surface area contributed by atoms with Crippen molar-refractivity contribution in [3.63, 3.8) is 0 Å². The van der Waals surface area contributed by atoms with E-state index in [0.29, 0.717) is 5.92 Å². The van der Waals surface area contributed by atoms with Crippen LogP contribution in [0, 0.1) is 5.92 Å². The fourth-order valence-electron chi connectivity index (χ4n) is 1.86. The van der Waals surface area contributed by atoms with Crippen molar-refractivity contribution in [1.29, 1.82) is 0 Å². The molecule has 1 amide bonds. The summed E-state index contributed by atoms with van der Waals surface area (Å²) in [6.07, 6.45) is 1.01. The van der Waals surface area contributed by atoms with E-state index in [2.05, 4.69) is 17.4 Å². The molecule has 2 nitrogen and oxygen atoms in total. The van der Waals surface area contributed by atoms with Crippen molar-refractivity contribution < 1.29 is 4.79 Å². The molecule has 2 atom stereocenters. The van der Waals surface area contributed by atoms with Crippen molar-refractivity contribution in [2.45, 2.75) is 19.3 Å². The maximum Gasteiger partial charge on any atom is 0.223 e. The minimum Gasteiger partial charge on any atom is -0.356 e. The van der Waals surface area contributed by atoms with Crippen molar-refractivity contribution in [3.8, 4) is 0 Å². The minimum absolute atomic E-state index is 0.210. The summed E-state index contributed by atoms with van der Waals surface area (Å²) in [7, 11) is 0. The van der Waals surface area contributed by atoms with E-state index in [9.17, 15) is 4.79 Å². The first kappa shape index (κ1) is 9.25. The number of carbonyl (C=O) groups is 1. The van der Waals surface area contributed by atoms with Gasteiger partial charge in [0.05, 0.1) is 0 Å². The molecule has 1 aliphatic carbocycles. The maximum absolute atomic E-state index is 11.5. The first-order valence-corrected chi connectivity index (χ1v) is 5.15. The predicted molar refractivity (Wildman–Crippen MR) is 56.0 cm³/mol. The van der Waals surface area contributed by atoms with Crippen LogP contribution in [0.4, 0.5) is 0 Å². The molecular formula is C12H15NO. The van der Waals surface area contributed by atoms with E-state index in [0.717, 1.165) is 13.0 Å². The van der Waals surface area contributed by atoms with Gasteiger partial charge < -0.3 is 5.32 Å². The second kappa shape index (κ2) is 3.82. The highest BCUT2D eigenvalue weighted by Gasteiger charge is 2.43. The van der Waals surface area contributed by atoms with Gasteiger partial charge in [0.15, 0.2) is 0 Å². The van der Waals surface area contributed by atoms with Crippen molar-refractivity contribution in [3.05, 3.63) is 35.9 Å². The van der Waals surface area contributed by atoms with E-state index in [1.54, 1.807) is 0 Å². The third-order valence-corrected chi connectivity index (χ3v) is 2.71. The summed E-state index contributed by atoms with van der Waals surface area (Å²) in [6, 6.07) is 10.3. The topological polar surface area (TPSA) is 29.1 Å². The summed E-state index contributed by atoms with van der Waals surface area (Å²) in [5.74, 6) is 0.890. The smallest absolute Gasteiger partial charge is 0.223 e. The second-order valence-electron chi connectivity index (χ2n) is 3.75. The molecule has 1 aliphatic rings. The molecule has 74 valence electrons. The average molecular weight is 189 g/mol. The molecule has 14 heavy (non-hydrogen) atoms. The molecule has 0 bridgehead atoms. The molecule has 0 heterocycles. The largest absolute Gasteiger partial charge is 0.356 e. The molecule has 1 aromatic carbocycles. The van der Waals surface area contributed by atoms with E-state index >= 15 is 0 Å². The zero-order valence-electron chi connectivity index (χ0n) is 8.36. The Labute approximate surface area is 84.3 Å². The Morgan fingerprint density at radius 2 is 2.14 bits per heavy atom. The Bertz CT molecular complexity index is 320. The summed E-state index contributed by atoms with van der Waals surface area (Å²) in [6.45, 7) is 2.69. The molecular weight excluding hydrogens is 174 g/mol. The van der Waals surface area contributed by atoms with Crippen LogP contribution in [-0.4, -0.2) is 12.5 Å². The number of rotatable bonds is 3. The lowest BCUT2D eigenvalue weighted by Gasteiger charge is -2.01. The monoisotopic (exact) mass is 189 g/mol. The molecule has 0 saturated heterocycles. The van der Waals surface area contributed by atoms with Gasteiger partial charge in [0.2, 0.25) is 5.91 Å². The third-order valence-electron chi connectivity index (χ3n) is 2.71. The molecule has 1 N–H and O–H groups in total. The molecule has 0 radical (unpaired) electrons. The third kappa shape index (κ3) is 1.79. The standard InChI is InChI=1S/C12H15NO/c1-2-13-12(14)11-8-10(11)9-6-4-3-5-7-9/h3-7,10-11H,2,8H2,1H3,(H,13,14). The van der Waals surface area contributed by atoms with Gasteiger partial charge in [-0.3, -0.25) is 4.79 Å². The summed E-state index contributed by atoms with van der Waals surface area (Å²) < 4.78 is 0. The maximum atomic E-state index is 11.5. The zero-order valence-corrected chi connectivity index (χ0v) is 8.36. The molecule has 1 saturated carbocycles. The number of benzene rings is 1. The predicted octanol–water partition coefficient (Wildman–Crippen LogP) is 1.93. The summed E-state index contributed by atoms with van der Waals surface area (Å²) in [4.78, 5) is 11.5. The lowest BCUT2D eigenvalue weighted by Crippen LogP contribution is -2.24. The van der Waals surface area contributed by atoms with Crippen LogP contribution in [0.2, 0.25) is 0 Å². The van der Waals surface area contributed by atoms with Crippen molar-refractivity contribution in [2.75, 3.05) is 6.54 Å². The summed E-state index contributed by atoms with van der Waals surface area (Å²) >= 11 is 0. The van der Waals surface area contributed by atoms with E-state index in [1.165, 1.54) is 5.56 Å². The molecule has 0 aliphatic heterocycles. The number of hydrogen-bond donors (Lipinski definition) is 1. The first-order chi connectivity index (χ1) is 6.83. The van der Waals surface area contributed by atoms with E-state index in [4.69, 9.17) is 0 Å². The SMILES string of the molecule is CCNC(=O)C1CC1c1ccccc1. The normalized spacial score (nSPS) is 24.4. The molecule has 2 unspecified atom stereocenters. The van der Waals surface area contributed by atoms with E-state index in [1.807, 2.05) is 25.1 Å². The zero-order chi connectivity index (χ0) is 9.97. The van der Waals surface area contributed by atoms with Crippen LogP contribution >= 0.6 is 0 Å². The van der Waals surface area contributed by atoms with E-state index < -0.39 is 0 Å². The Morgan fingerprint density at radius 3 is 2.79 bits per heavy atom. The Morgan fingerprint density at radius 1 is 1.43 bits per heavy atom. The number of amides is 1. The quantitative estimate of drug-likeness (QED) is 0.773. The van der Waals surface area contributed by atoms with Crippen LogP contribution in [0.3, 0.4) is 0 Å². The second-order valence-corrected chi connectivity index (χ2v) is 3.75. The first-order valence-electron chi connectivity index (χ1n) is 5.15. The summed E-state index contributed by atoms with van der Waals surface area (Å²) in [5.41, 5.74) is 1.30. The van der Waals surface area contributed by atoms with Gasteiger partial charge >= 0.3 is 0 Å². The minimum atomic E-state index is 0.210. The Hall–Kier alpha value is -1.31. The number of nitrogens with one attached hydrogen (secondary N) is 1.